The topological polar surface area (TPSA) is 50.9 Å². The Kier molecular flexibility index (Phi) is 3.54. The van der Waals surface area contributed by atoms with E-state index in [1.54, 1.807) is 12.3 Å². The molecule has 1 aliphatic carbocycles. The monoisotopic (exact) mass is 239 g/mol. The molecular weight excluding hydrogens is 222 g/mol. The van der Waals surface area contributed by atoms with E-state index in [0.29, 0.717) is 10.7 Å². The molecule has 1 aromatic heterocycles. The van der Waals surface area contributed by atoms with Gasteiger partial charge in [-0.25, -0.2) is 4.98 Å². The van der Waals surface area contributed by atoms with Gasteiger partial charge in [0.25, 0.3) is 0 Å². The molecule has 3 N–H and O–H groups in total. The summed E-state index contributed by atoms with van der Waals surface area (Å²) >= 11 is 5.79. The van der Waals surface area contributed by atoms with Crippen LogP contribution >= 0.6 is 11.6 Å². The maximum Gasteiger partial charge on any atom is 0.149 e. The fourth-order valence-electron chi connectivity index (χ4n) is 2.35. The molecule has 2 atom stereocenters. The first kappa shape index (κ1) is 11.5. The van der Waals surface area contributed by atoms with E-state index in [4.69, 9.17) is 17.3 Å². The first-order chi connectivity index (χ1) is 7.65. The summed E-state index contributed by atoms with van der Waals surface area (Å²) in [5.41, 5.74) is 6.45. The second-order valence-corrected chi connectivity index (χ2v) is 5.19. The summed E-state index contributed by atoms with van der Waals surface area (Å²) in [6, 6.07) is 1.73. The molecule has 16 heavy (non-hydrogen) atoms. The lowest BCUT2D eigenvalue weighted by Crippen LogP contribution is -2.13. The van der Waals surface area contributed by atoms with E-state index in [9.17, 15) is 0 Å². The average Bonchev–Trinajstić information content (AvgIpc) is 2.63. The molecule has 1 heterocycles. The van der Waals surface area contributed by atoms with Crippen LogP contribution in [-0.4, -0.2) is 11.5 Å². The third kappa shape index (κ3) is 2.79. The summed E-state index contributed by atoms with van der Waals surface area (Å²) in [5, 5.41) is 3.89. The molecule has 1 aliphatic rings. The van der Waals surface area contributed by atoms with Crippen molar-refractivity contribution in [3.05, 3.63) is 17.3 Å². The molecule has 0 amide bonds. The van der Waals surface area contributed by atoms with Gasteiger partial charge < -0.3 is 11.1 Å². The number of nitrogens with two attached hydrogens (primary N) is 1. The Balaban J connectivity index is 1.89. The van der Waals surface area contributed by atoms with Crippen LogP contribution in [0.3, 0.4) is 0 Å². The second kappa shape index (κ2) is 4.91. The van der Waals surface area contributed by atoms with Gasteiger partial charge in [-0.05, 0) is 30.7 Å². The number of hydrogen-bond acceptors (Lipinski definition) is 3. The largest absolute Gasteiger partial charge is 0.396 e. The maximum atomic E-state index is 5.82. The SMILES string of the molecule is CC1CCC(CNc2ncc(Cl)cc2N)C1. The molecule has 1 fully saturated rings. The number of nitrogens with zero attached hydrogens (tertiary/aromatic N) is 1. The van der Waals surface area contributed by atoms with Gasteiger partial charge in [-0.3, -0.25) is 0 Å². The van der Waals surface area contributed by atoms with Gasteiger partial charge in [0.15, 0.2) is 0 Å². The highest BCUT2D eigenvalue weighted by Gasteiger charge is 2.21. The van der Waals surface area contributed by atoms with Crippen molar-refractivity contribution in [2.75, 3.05) is 17.6 Å². The zero-order valence-electron chi connectivity index (χ0n) is 9.54. The van der Waals surface area contributed by atoms with Crippen LogP contribution in [0.1, 0.15) is 26.2 Å². The van der Waals surface area contributed by atoms with Crippen LogP contribution in [0, 0.1) is 11.8 Å². The Morgan fingerprint density at radius 2 is 2.38 bits per heavy atom. The Morgan fingerprint density at radius 1 is 1.56 bits per heavy atom. The summed E-state index contributed by atoms with van der Waals surface area (Å²) in [6.45, 7) is 3.28. The molecule has 1 aromatic rings. The predicted molar refractivity (Wildman–Crippen MR) is 68.7 cm³/mol. The Morgan fingerprint density at radius 3 is 3.00 bits per heavy atom. The van der Waals surface area contributed by atoms with Crippen molar-refractivity contribution in [2.24, 2.45) is 11.8 Å². The van der Waals surface area contributed by atoms with Crippen LogP contribution in [0.25, 0.3) is 0 Å². The van der Waals surface area contributed by atoms with Crippen LogP contribution in [0.15, 0.2) is 12.3 Å². The standard InChI is InChI=1S/C12H18ClN3/c1-8-2-3-9(4-8)6-15-12-11(14)5-10(13)7-16-12/h5,7-9H,2-4,6,14H2,1H3,(H,15,16). The van der Waals surface area contributed by atoms with Crippen molar-refractivity contribution < 1.29 is 0 Å². The molecule has 0 aliphatic heterocycles. The van der Waals surface area contributed by atoms with Crippen LogP contribution < -0.4 is 11.1 Å². The fourth-order valence-corrected chi connectivity index (χ4v) is 2.52. The Hall–Kier alpha value is -0.960. The summed E-state index contributed by atoms with van der Waals surface area (Å²) in [6.07, 6.45) is 5.58. The van der Waals surface area contributed by atoms with Crippen molar-refractivity contribution in [1.82, 2.24) is 4.98 Å². The lowest BCUT2D eigenvalue weighted by molar-refractivity contribution is 0.536. The lowest BCUT2D eigenvalue weighted by atomic mass is 10.1. The first-order valence-electron chi connectivity index (χ1n) is 5.80. The van der Waals surface area contributed by atoms with E-state index in [2.05, 4.69) is 17.2 Å². The Labute approximate surface area is 101 Å². The molecule has 88 valence electrons. The Bertz CT molecular complexity index is 367. The molecule has 1 saturated carbocycles. The number of hydrogen-bond donors (Lipinski definition) is 2. The van der Waals surface area contributed by atoms with Gasteiger partial charge in [-0.15, -0.1) is 0 Å². The van der Waals surface area contributed by atoms with Crippen molar-refractivity contribution >= 4 is 23.1 Å². The number of nitrogens with one attached hydrogen (secondary N) is 1. The zero-order chi connectivity index (χ0) is 11.5. The highest BCUT2D eigenvalue weighted by molar-refractivity contribution is 6.30. The van der Waals surface area contributed by atoms with Crippen molar-refractivity contribution in [3.63, 3.8) is 0 Å². The highest BCUT2D eigenvalue weighted by Crippen LogP contribution is 2.30. The van der Waals surface area contributed by atoms with E-state index < -0.39 is 0 Å². The van der Waals surface area contributed by atoms with Gasteiger partial charge >= 0.3 is 0 Å². The van der Waals surface area contributed by atoms with Crippen LogP contribution in [0.5, 0.6) is 0 Å². The average molecular weight is 240 g/mol. The van der Waals surface area contributed by atoms with Crippen LogP contribution in [0.4, 0.5) is 11.5 Å². The fraction of sp³-hybridized carbons (Fsp3) is 0.583. The predicted octanol–water partition coefficient (Wildman–Crippen LogP) is 3.17. The summed E-state index contributed by atoms with van der Waals surface area (Å²) < 4.78 is 0. The second-order valence-electron chi connectivity index (χ2n) is 4.76. The third-order valence-electron chi connectivity index (χ3n) is 3.25. The molecule has 2 rings (SSSR count). The van der Waals surface area contributed by atoms with Gasteiger partial charge in [0.1, 0.15) is 5.82 Å². The molecule has 3 nitrogen and oxygen atoms in total. The summed E-state index contributed by atoms with van der Waals surface area (Å²) in [4.78, 5) is 4.19. The summed E-state index contributed by atoms with van der Waals surface area (Å²) in [7, 11) is 0. The normalized spacial score (nSPS) is 24.6. The molecule has 0 aromatic carbocycles. The number of nitrogen functional groups attached to an aromatic ring is 1. The number of anilines is 2. The van der Waals surface area contributed by atoms with E-state index in [-0.39, 0.29) is 0 Å². The maximum absolute atomic E-state index is 5.82. The van der Waals surface area contributed by atoms with Crippen LogP contribution in [0.2, 0.25) is 5.02 Å². The van der Waals surface area contributed by atoms with Gasteiger partial charge in [0.2, 0.25) is 0 Å². The van der Waals surface area contributed by atoms with E-state index in [1.165, 1.54) is 19.3 Å². The van der Waals surface area contributed by atoms with Crippen molar-refractivity contribution in [3.8, 4) is 0 Å². The quantitative estimate of drug-likeness (QED) is 0.852. The molecule has 0 bridgehead atoms. The highest BCUT2D eigenvalue weighted by atomic mass is 35.5. The summed E-state index contributed by atoms with van der Waals surface area (Å²) in [5.74, 6) is 2.37. The van der Waals surface area contributed by atoms with Crippen molar-refractivity contribution in [1.29, 1.82) is 0 Å². The van der Waals surface area contributed by atoms with Crippen LogP contribution in [-0.2, 0) is 0 Å². The molecule has 0 spiro atoms. The third-order valence-corrected chi connectivity index (χ3v) is 3.45. The number of aromatic nitrogens is 1. The van der Waals surface area contributed by atoms with Gasteiger partial charge in [0.05, 0.1) is 10.7 Å². The lowest BCUT2D eigenvalue weighted by Gasteiger charge is -2.13. The van der Waals surface area contributed by atoms with E-state index in [1.807, 2.05) is 0 Å². The number of halogens is 1. The molecule has 0 saturated heterocycles. The molecule has 2 unspecified atom stereocenters. The molecule has 4 heteroatoms. The smallest absolute Gasteiger partial charge is 0.149 e. The minimum atomic E-state index is 0.581. The van der Waals surface area contributed by atoms with E-state index in [0.717, 1.165) is 24.2 Å². The first-order valence-corrected chi connectivity index (χ1v) is 6.18. The van der Waals surface area contributed by atoms with Gasteiger partial charge in [0, 0.05) is 12.7 Å². The zero-order valence-corrected chi connectivity index (χ0v) is 10.3. The minimum Gasteiger partial charge on any atom is -0.396 e. The molecular formula is C12H18ClN3. The molecule has 0 radical (unpaired) electrons. The number of pyridine rings is 1. The van der Waals surface area contributed by atoms with Gasteiger partial charge in [-0.2, -0.15) is 0 Å². The van der Waals surface area contributed by atoms with E-state index >= 15 is 0 Å². The van der Waals surface area contributed by atoms with Gasteiger partial charge in [-0.1, -0.05) is 24.9 Å². The van der Waals surface area contributed by atoms with Crippen molar-refractivity contribution in [2.45, 2.75) is 26.2 Å². The minimum absolute atomic E-state index is 0.581. The number of rotatable bonds is 3.